The molecule has 1 aliphatic carbocycles. The molecule has 1 saturated heterocycles. The Morgan fingerprint density at radius 1 is 1.06 bits per heavy atom. The second-order valence-corrected chi connectivity index (χ2v) is 6.10. The monoisotopic (exact) mass is 279 g/mol. The highest BCUT2D eigenvalue weighted by molar-refractivity contribution is 9.10. The van der Waals surface area contributed by atoms with Crippen molar-refractivity contribution in [3.63, 3.8) is 0 Å². The van der Waals surface area contributed by atoms with Crippen LogP contribution in [0.25, 0.3) is 0 Å². The minimum atomic E-state index is 0.443. The molecule has 16 heavy (non-hydrogen) atoms. The zero-order valence-electron chi connectivity index (χ0n) is 9.51. The third kappa shape index (κ3) is 1.82. The Bertz CT molecular complexity index is 361. The van der Waals surface area contributed by atoms with Crippen molar-refractivity contribution in [2.24, 2.45) is 0 Å². The van der Waals surface area contributed by atoms with Crippen molar-refractivity contribution in [2.75, 3.05) is 6.54 Å². The van der Waals surface area contributed by atoms with E-state index >= 15 is 0 Å². The molecule has 0 amide bonds. The first-order chi connectivity index (χ1) is 7.81. The molecule has 0 aromatic heterocycles. The Kier molecular flexibility index (Phi) is 2.80. The summed E-state index contributed by atoms with van der Waals surface area (Å²) >= 11 is 3.52. The summed E-state index contributed by atoms with van der Waals surface area (Å²) in [4.78, 5) is 0. The number of halogens is 1. The average molecular weight is 280 g/mol. The van der Waals surface area contributed by atoms with Crippen LogP contribution in [0.1, 0.15) is 37.7 Å². The van der Waals surface area contributed by atoms with Crippen LogP contribution in [0.2, 0.25) is 0 Å². The topological polar surface area (TPSA) is 21.9 Å². The molecule has 1 heterocycles. The Balaban J connectivity index is 1.95. The van der Waals surface area contributed by atoms with Gasteiger partial charge in [0.25, 0.3) is 0 Å². The molecule has 86 valence electrons. The minimum absolute atomic E-state index is 0.443. The van der Waals surface area contributed by atoms with Crippen LogP contribution in [0.3, 0.4) is 0 Å². The number of hydrogen-bond acceptors (Lipinski definition) is 1. The van der Waals surface area contributed by atoms with Crippen molar-refractivity contribution >= 4 is 15.9 Å². The Morgan fingerprint density at radius 2 is 1.69 bits per heavy atom. The summed E-state index contributed by atoms with van der Waals surface area (Å²) in [5.74, 6) is 0. The predicted molar refractivity (Wildman–Crippen MR) is 70.7 cm³/mol. The largest absolute Gasteiger partial charge is 0.310 e. The molecule has 0 radical (unpaired) electrons. The van der Waals surface area contributed by atoms with Gasteiger partial charge in [-0.25, -0.2) is 0 Å². The quantitative estimate of drug-likeness (QED) is 0.821. The third-order valence-corrected chi connectivity index (χ3v) is 4.77. The van der Waals surface area contributed by atoms with Crippen molar-refractivity contribution in [2.45, 2.75) is 43.6 Å². The van der Waals surface area contributed by atoms with E-state index in [-0.39, 0.29) is 0 Å². The third-order valence-electron chi connectivity index (χ3n) is 4.24. The Morgan fingerprint density at radius 3 is 2.25 bits per heavy atom. The molecule has 0 bridgehead atoms. The smallest absolute Gasteiger partial charge is 0.0290 e. The van der Waals surface area contributed by atoms with Gasteiger partial charge in [-0.15, -0.1) is 0 Å². The number of benzene rings is 1. The highest BCUT2D eigenvalue weighted by Gasteiger charge is 2.46. The van der Waals surface area contributed by atoms with Crippen LogP contribution in [0.5, 0.6) is 0 Å². The molecule has 2 heteroatoms. The first-order valence-corrected chi connectivity index (χ1v) is 7.10. The lowest BCUT2D eigenvalue weighted by Gasteiger charge is -2.37. The van der Waals surface area contributed by atoms with E-state index in [0.717, 1.165) is 6.04 Å². The van der Waals surface area contributed by atoms with Crippen LogP contribution in [0.15, 0.2) is 28.7 Å². The van der Waals surface area contributed by atoms with Crippen LogP contribution >= 0.6 is 15.9 Å². The highest BCUT2D eigenvalue weighted by atomic mass is 79.9. The maximum Gasteiger partial charge on any atom is 0.0290 e. The van der Waals surface area contributed by atoms with Gasteiger partial charge in [0.05, 0.1) is 0 Å². The lowest BCUT2D eigenvalue weighted by molar-refractivity contribution is 0.287. The van der Waals surface area contributed by atoms with Crippen molar-refractivity contribution < 1.29 is 0 Å². The van der Waals surface area contributed by atoms with Gasteiger partial charge in [-0.05, 0) is 30.5 Å². The summed E-state index contributed by atoms with van der Waals surface area (Å²) in [6, 6.07) is 9.75. The first-order valence-electron chi connectivity index (χ1n) is 6.31. The maximum absolute atomic E-state index is 3.55. The molecule has 2 aliphatic rings. The zero-order valence-corrected chi connectivity index (χ0v) is 11.1. The van der Waals surface area contributed by atoms with E-state index in [4.69, 9.17) is 0 Å². The van der Waals surface area contributed by atoms with Crippen molar-refractivity contribution in [3.05, 3.63) is 34.3 Å². The van der Waals surface area contributed by atoms with Gasteiger partial charge in [0.1, 0.15) is 0 Å². The summed E-state index contributed by atoms with van der Waals surface area (Å²) < 4.78 is 1.19. The van der Waals surface area contributed by atoms with E-state index in [9.17, 15) is 0 Å². The molecule has 1 aromatic carbocycles. The Labute approximate surface area is 106 Å². The van der Waals surface area contributed by atoms with E-state index < -0.39 is 0 Å². The average Bonchev–Trinajstić information content (AvgIpc) is 3.15. The van der Waals surface area contributed by atoms with Gasteiger partial charge in [-0.2, -0.15) is 0 Å². The summed E-state index contributed by atoms with van der Waals surface area (Å²) in [5, 5.41) is 3.55. The molecule has 1 aromatic rings. The number of rotatable bonds is 2. The summed E-state index contributed by atoms with van der Waals surface area (Å²) in [6.07, 6.45) is 6.95. The van der Waals surface area contributed by atoms with Gasteiger partial charge < -0.3 is 5.32 Å². The summed E-state index contributed by atoms with van der Waals surface area (Å²) in [7, 11) is 0. The lowest BCUT2D eigenvalue weighted by atomic mass is 9.67. The van der Waals surface area contributed by atoms with Crippen LogP contribution < -0.4 is 5.32 Å². The van der Waals surface area contributed by atoms with E-state index in [1.54, 1.807) is 5.56 Å². The maximum atomic E-state index is 3.55. The van der Waals surface area contributed by atoms with Gasteiger partial charge in [0, 0.05) is 22.5 Å². The van der Waals surface area contributed by atoms with Gasteiger partial charge in [-0.1, -0.05) is 47.3 Å². The van der Waals surface area contributed by atoms with Gasteiger partial charge >= 0.3 is 0 Å². The molecule has 3 rings (SSSR count). The van der Waals surface area contributed by atoms with Crippen molar-refractivity contribution in [1.29, 1.82) is 0 Å². The van der Waals surface area contributed by atoms with Crippen LogP contribution in [-0.4, -0.2) is 12.6 Å². The fourth-order valence-corrected chi connectivity index (χ4v) is 3.52. The van der Waals surface area contributed by atoms with E-state index in [2.05, 4.69) is 45.5 Å². The predicted octanol–water partition coefficient (Wildman–Crippen LogP) is 3.62. The highest BCUT2D eigenvalue weighted by Crippen LogP contribution is 2.44. The normalized spacial score (nSPS) is 27.7. The van der Waals surface area contributed by atoms with E-state index in [0.29, 0.717) is 5.41 Å². The van der Waals surface area contributed by atoms with E-state index in [1.165, 1.54) is 43.1 Å². The standard InChI is InChI=1S/C14H18BrN/c15-12-6-4-11(5-7-12)14(13-10-16-13)8-2-1-3-9-14/h4-7,13,16H,1-3,8-10H2. The molecule has 1 aliphatic heterocycles. The van der Waals surface area contributed by atoms with Crippen LogP contribution in [0, 0.1) is 0 Å². The molecular formula is C14H18BrN. The van der Waals surface area contributed by atoms with Crippen LogP contribution in [-0.2, 0) is 5.41 Å². The fraction of sp³-hybridized carbons (Fsp3) is 0.571. The molecule has 0 spiro atoms. The Hall–Kier alpha value is -0.340. The summed E-state index contributed by atoms with van der Waals surface area (Å²) in [6.45, 7) is 1.22. The van der Waals surface area contributed by atoms with Crippen molar-refractivity contribution in [1.82, 2.24) is 5.32 Å². The number of hydrogen-bond donors (Lipinski definition) is 1. The first kappa shape index (κ1) is 10.8. The second-order valence-electron chi connectivity index (χ2n) is 5.18. The molecule has 1 nitrogen and oxygen atoms in total. The fourth-order valence-electron chi connectivity index (χ4n) is 3.25. The molecule has 1 unspecified atom stereocenters. The zero-order chi connectivity index (χ0) is 11.0. The van der Waals surface area contributed by atoms with Gasteiger partial charge in [0.15, 0.2) is 0 Å². The molecule has 1 saturated carbocycles. The lowest BCUT2D eigenvalue weighted by Crippen LogP contribution is -2.36. The van der Waals surface area contributed by atoms with Gasteiger partial charge in [0.2, 0.25) is 0 Å². The molecule has 1 atom stereocenters. The second kappa shape index (κ2) is 4.15. The molecule has 1 N–H and O–H groups in total. The van der Waals surface area contributed by atoms with Gasteiger partial charge in [-0.3, -0.25) is 0 Å². The SMILES string of the molecule is Brc1ccc(C2(C3CN3)CCCCC2)cc1. The summed E-state index contributed by atoms with van der Waals surface area (Å²) in [5.41, 5.74) is 1.99. The van der Waals surface area contributed by atoms with Crippen molar-refractivity contribution in [3.8, 4) is 0 Å². The van der Waals surface area contributed by atoms with Crippen LogP contribution in [0.4, 0.5) is 0 Å². The molecular weight excluding hydrogens is 262 g/mol. The number of nitrogens with one attached hydrogen (secondary N) is 1. The molecule has 2 fully saturated rings. The van der Waals surface area contributed by atoms with E-state index in [1.807, 2.05) is 0 Å². The minimum Gasteiger partial charge on any atom is -0.310 e.